The number of likely N-dealkylation sites (N-methyl/N-ethyl adjacent to an activating group) is 1. The topological polar surface area (TPSA) is 88.5 Å². The molecule has 236 valence electrons. The van der Waals surface area contributed by atoms with Crippen LogP contribution in [-0.4, -0.2) is 77.1 Å². The minimum atomic E-state index is -4.82. The number of esters is 1. The fourth-order valence-corrected chi connectivity index (χ4v) is 8.13. The van der Waals surface area contributed by atoms with E-state index in [-0.39, 0.29) is 23.6 Å². The molecular weight excluding hydrogens is 577 g/mol. The van der Waals surface area contributed by atoms with Crippen LogP contribution in [0.25, 0.3) is 6.08 Å². The quantitative estimate of drug-likeness (QED) is 0.271. The third-order valence-corrected chi connectivity index (χ3v) is 9.69. The Morgan fingerprint density at radius 1 is 1.23 bits per heavy atom. The number of aliphatic hydroxyl groups is 1. The second-order valence-electron chi connectivity index (χ2n) is 12.8. The van der Waals surface area contributed by atoms with Gasteiger partial charge in [-0.15, -0.1) is 13.2 Å². The first-order valence-corrected chi connectivity index (χ1v) is 15.0. The summed E-state index contributed by atoms with van der Waals surface area (Å²) < 4.78 is 54.6. The maximum Gasteiger partial charge on any atom is 0.573 e. The number of piperidine rings is 1. The predicted molar refractivity (Wildman–Crippen MR) is 155 cm³/mol. The zero-order valence-corrected chi connectivity index (χ0v) is 25.2. The van der Waals surface area contributed by atoms with Gasteiger partial charge in [-0.3, -0.25) is 9.59 Å². The van der Waals surface area contributed by atoms with Gasteiger partial charge in [0.25, 0.3) is 0 Å². The monoisotopic (exact) mass is 614 g/mol. The molecule has 2 aromatic rings. The van der Waals surface area contributed by atoms with Crippen molar-refractivity contribution in [3.8, 4) is 17.2 Å². The summed E-state index contributed by atoms with van der Waals surface area (Å²) in [7, 11) is 2.03. The molecule has 2 aliphatic heterocycles. The average Bonchev–Trinajstić information content (AvgIpc) is 3.28. The Balaban J connectivity index is 1.38. The van der Waals surface area contributed by atoms with E-state index in [2.05, 4.69) is 9.64 Å². The van der Waals surface area contributed by atoms with Gasteiger partial charge in [0.15, 0.2) is 11.5 Å². The van der Waals surface area contributed by atoms with Crippen LogP contribution in [0.1, 0.15) is 56.7 Å². The smallest absolute Gasteiger partial charge is 0.483 e. The summed E-state index contributed by atoms with van der Waals surface area (Å²) in [5.41, 5.74) is 0.381. The number of likely N-dealkylation sites (tertiary alicyclic amines) is 1. The Hall–Kier alpha value is -3.57. The lowest BCUT2D eigenvalue weighted by atomic mass is 9.48. The van der Waals surface area contributed by atoms with Crippen LogP contribution in [-0.2, 0) is 21.4 Å². The van der Waals surface area contributed by atoms with Crippen molar-refractivity contribution in [1.82, 2.24) is 9.80 Å². The van der Waals surface area contributed by atoms with E-state index in [0.717, 1.165) is 17.7 Å². The fraction of sp³-hybridized carbons (Fsp3) is 0.515. The fourth-order valence-electron chi connectivity index (χ4n) is 8.13. The molecule has 11 heteroatoms. The van der Waals surface area contributed by atoms with Crippen molar-refractivity contribution in [3.05, 3.63) is 59.2 Å². The van der Waals surface area contributed by atoms with E-state index in [9.17, 15) is 27.9 Å². The number of amides is 1. The first kappa shape index (κ1) is 30.5. The van der Waals surface area contributed by atoms with Gasteiger partial charge in [0, 0.05) is 31.1 Å². The summed E-state index contributed by atoms with van der Waals surface area (Å²) in [5.74, 6) is -0.296. The molecule has 2 bridgehead atoms. The molecule has 4 aliphatic rings. The number of rotatable bonds is 7. The van der Waals surface area contributed by atoms with Gasteiger partial charge >= 0.3 is 12.3 Å². The first-order valence-electron chi connectivity index (χ1n) is 15.0. The van der Waals surface area contributed by atoms with Gasteiger partial charge < -0.3 is 29.1 Å². The molecule has 6 rings (SSSR count). The summed E-state index contributed by atoms with van der Waals surface area (Å²) in [5, 5.41) is 12.6. The van der Waals surface area contributed by atoms with Gasteiger partial charge in [0.1, 0.15) is 11.9 Å². The van der Waals surface area contributed by atoms with Crippen molar-refractivity contribution in [3.63, 3.8) is 0 Å². The van der Waals surface area contributed by atoms with Crippen LogP contribution in [0.4, 0.5) is 13.2 Å². The van der Waals surface area contributed by atoms with E-state index in [4.69, 9.17) is 9.47 Å². The number of benzene rings is 2. The maximum absolute atomic E-state index is 13.9. The molecule has 2 heterocycles. The van der Waals surface area contributed by atoms with E-state index in [1.54, 1.807) is 17.0 Å². The molecule has 0 unspecified atom stereocenters. The van der Waals surface area contributed by atoms with Gasteiger partial charge in [-0.2, -0.15) is 0 Å². The lowest BCUT2D eigenvalue weighted by Crippen LogP contribution is -2.78. The Bertz CT molecular complexity index is 1510. The van der Waals surface area contributed by atoms with Crippen LogP contribution in [0.15, 0.2) is 42.5 Å². The first-order chi connectivity index (χ1) is 20.7. The van der Waals surface area contributed by atoms with Gasteiger partial charge in [0.05, 0.1) is 17.1 Å². The number of hydrogen-bond acceptors (Lipinski definition) is 7. The summed E-state index contributed by atoms with van der Waals surface area (Å²) >= 11 is 0. The highest BCUT2D eigenvalue weighted by atomic mass is 19.4. The predicted octanol–water partition coefficient (Wildman–Crippen LogP) is 4.86. The Labute approximate surface area is 254 Å². The molecule has 0 radical (unpaired) electrons. The number of nitrogens with zero attached hydrogens (tertiary/aromatic N) is 2. The van der Waals surface area contributed by atoms with Crippen LogP contribution in [0.3, 0.4) is 0 Å². The lowest BCUT2D eigenvalue weighted by Gasteiger charge is -2.64. The van der Waals surface area contributed by atoms with Crippen LogP contribution in [0.5, 0.6) is 17.2 Å². The largest absolute Gasteiger partial charge is 0.573 e. The van der Waals surface area contributed by atoms with E-state index in [1.807, 2.05) is 27.0 Å². The Morgan fingerprint density at radius 2 is 2.00 bits per heavy atom. The number of hydrogen-bond donors (Lipinski definition) is 1. The summed E-state index contributed by atoms with van der Waals surface area (Å²) in [4.78, 5) is 29.9. The number of carbonyl (C=O) groups is 2. The number of alkyl halides is 3. The minimum Gasteiger partial charge on any atom is -0.483 e. The number of halogens is 3. The van der Waals surface area contributed by atoms with Gasteiger partial charge in [-0.25, -0.2) is 0 Å². The van der Waals surface area contributed by atoms with Crippen molar-refractivity contribution in [2.45, 2.75) is 82.0 Å². The third-order valence-electron chi connectivity index (χ3n) is 9.69. The highest BCUT2D eigenvalue weighted by Crippen LogP contribution is 2.65. The Morgan fingerprint density at radius 3 is 2.70 bits per heavy atom. The molecule has 2 aliphatic carbocycles. The average molecular weight is 615 g/mol. The minimum absolute atomic E-state index is 0.0988. The molecule has 44 heavy (non-hydrogen) atoms. The van der Waals surface area contributed by atoms with E-state index in [0.29, 0.717) is 49.3 Å². The van der Waals surface area contributed by atoms with Crippen molar-refractivity contribution in [2.75, 3.05) is 20.1 Å². The third kappa shape index (κ3) is 4.94. The molecule has 8 nitrogen and oxygen atoms in total. The molecule has 2 fully saturated rings. The lowest BCUT2D eigenvalue weighted by molar-refractivity contribution is -0.274. The SMILES string of the molecule is CC(=O)Oc1ccc2c3c1O[C@H]1[C@@H](N(CC(C)C)C(=O)C=Cc4cccc(OC(F)(F)F)c4)CC[C@@]4(O)[C@@H](C2)N(C)CC[C@]314. The van der Waals surface area contributed by atoms with E-state index in [1.165, 1.54) is 37.3 Å². The molecular formula is C33H37F3N2O6. The van der Waals surface area contributed by atoms with Gasteiger partial charge in [-0.1, -0.05) is 32.0 Å². The molecule has 1 amide bonds. The normalized spacial score (nSPS) is 28.9. The van der Waals surface area contributed by atoms with Crippen LogP contribution >= 0.6 is 0 Å². The summed E-state index contributed by atoms with van der Waals surface area (Å²) in [6.07, 6.45) is -0.406. The maximum atomic E-state index is 13.9. The van der Waals surface area contributed by atoms with Crippen LogP contribution in [0, 0.1) is 5.92 Å². The molecule has 2 aromatic carbocycles. The van der Waals surface area contributed by atoms with E-state index >= 15 is 0 Å². The summed E-state index contributed by atoms with van der Waals surface area (Å²) in [6, 6.07) is 8.59. The van der Waals surface area contributed by atoms with Crippen molar-refractivity contribution >= 4 is 18.0 Å². The second-order valence-corrected chi connectivity index (χ2v) is 12.8. The van der Waals surface area contributed by atoms with Crippen molar-refractivity contribution in [1.29, 1.82) is 0 Å². The molecule has 1 spiro atoms. The Kier molecular flexibility index (Phi) is 7.48. The molecule has 1 saturated carbocycles. The standard InChI is InChI=1S/C33H37F3N2O6/c1-19(2)18-38(27(40)11-8-21-6-5-7-23(16-21)44-33(34,35)36)24-12-13-32(41)26-17-22-9-10-25(42-20(3)39)29-28(22)31(32,30(24)43-29)14-15-37(26)4/h5-11,16,19,24,26,30,41H,12-15,17-18H2,1-4H3/t24-,26+,30-,31-,32+/m0/s1. The highest BCUT2D eigenvalue weighted by molar-refractivity contribution is 5.92. The number of carbonyl (C=O) groups excluding carboxylic acids is 2. The van der Waals surface area contributed by atoms with Crippen molar-refractivity contribution in [2.24, 2.45) is 5.92 Å². The van der Waals surface area contributed by atoms with Crippen molar-refractivity contribution < 1.29 is 42.1 Å². The van der Waals surface area contributed by atoms with Crippen LogP contribution in [0.2, 0.25) is 0 Å². The summed E-state index contributed by atoms with van der Waals surface area (Å²) in [6.45, 7) is 6.48. The molecule has 5 atom stereocenters. The van der Waals surface area contributed by atoms with E-state index < -0.39 is 35.5 Å². The van der Waals surface area contributed by atoms with Gasteiger partial charge in [-0.05, 0) is 80.6 Å². The zero-order chi connectivity index (χ0) is 31.6. The van der Waals surface area contributed by atoms with Crippen LogP contribution < -0.4 is 14.2 Å². The second kappa shape index (κ2) is 10.8. The zero-order valence-electron chi connectivity index (χ0n) is 25.2. The molecule has 1 N–H and O–H groups in total. The molecule has 1 saturated heterocycles. The highest BCUT2D eigenvalue weighted by Gasteiger charge is 2.73. The number of ether oxygens (including phenoxy) is 3. The molecule has 0 aromatic heterocycles. The van der Waals surface area contributed by atoms with Gasteiger partial charge in [0.2, 0.25) is 5.91 Å².